The van der Waals surface area contributed by atoms with Gasteiger partial charge in [0.05, 0.1) is 37.3 Å². The van der Waals surface area contributed by atoms with E-state index in [9.17, 15) is 18.0 Å². The molecule has 0 radical (unpaired) electrons. The van der Waals surface area contributed by atoms with Crippen LogP contribution >= 0.6 is 0 Å². The standard InChI is InChI=1S/C20H21F3N4O3/c1-29-16-10-13(18(28)27-6-8-30-9-7-27)4-5-15(16)25-19-24-11-14(20(21,22)23)17(26-19)12-2-3-12/h4-5,10-12H,2-3,6-9H2,1H3,(H,24,25,26). The third-order valence-electron chi connectivity index (χ3n) is 5.08. The smallest absolute Gasteiger partial charge is 0.419 e. The number of ether oxygens (including phenoxy) is 2. The Kier molecular flexibility index (Phi) is 5.50. The van der Waals surface area contributed by atoms with E-state index in [1.54, 1.807) is 23.1 Å². The van der Waals surface area contributed by atoms with Crippen LogP contribution < -0.4 is 10.1 Å². The molecule has 4 rings (SSSR count). The zero-order valence-electron chi connectivity index (χ0n) is 16.3. The predicted octanol–water partition coefficient (Wildman–Crippen LogP) is 3.60. The number of morpholine rings is 1. The zero-order valence-corrected chi connectivity index (χ0v) is 16.3. The molecule has 1 aliphatic carbocycles. The molecular weight excluding hydrogens is 401 g/mol. The highest BCUT2D eigenvalue weighted by molar-refractivity contribution is 5.95. The number of amides is 1. The van der Waals surface area contributed by atoms with E-state index < -0.39 is 11.7 Å². The maximum Gasteiger partial charge on any atom is 0.419 e. The van der Waals surface area contributed by atoms with Crippen molar-refractivity contribution < 1.29 is 27.4 Å². The molecule has 10 heteroatoms. The Labute approximate surface area is 171 Å². The fraction of sp³-hybridized carbons (Fsp3) is 0.450. The first-order valence-corrected chi connectivity index (χ1v) is 9.63. The number of alkyl halides is 3. The molecule has 2 aromatic rings. The van der Waals surface area contributed by atoms with Gasteiger partial charge in [0, 0.05) is 30.8 Å². The molecule has 0 bridgehead atoms. The largest absolute Gasteiger partial charge is 0.495 e. The van der Waals surface area contributed by atoms with Gasteiger partial charge >= 0.3 is 6.18 Å². The maximum atomic E-state index is 13.2. The Morgan fingerprint density at radius 3 is 2.63 bits per heavy atom. The Morgan fingerprint density at radius 2 is 2.00 bits per heavy atom. The number of benzene rings is 1. The minimum absolute atomic E-state index is 0.0121. The molecule has 7 nitrogen and oxygen atoms in total. The monoisotopic (exact) mass is 422 g/mol. The van der Waals surface area contributed by atoms with Gasteiger partial charge in [-0.25, -0.2) is 9.97 Å². The molecule has 1 N–H and O–H groups in total. The summed E-state index contributed by atoms with van der Waals surface area (Å²) in [6.07, 6.45) is -2.32. The average Bonchev–Trinajstić information content (AvgIpc) is 3.59. The summed E-state index contributed by atoms with van der Waals surface area (Å²) in [6.45, 7) is 2.03. The number of carbonyl (C=O) groups is 1. The van der Waals surface area contributed by atoms with E-state index in [-0.39, 0.29) is 23.5 Å². The molecule has 2 heterocycles. The van der Waals surface area contributed by atoms with Crippen molar-refractivity contribution in [3.05, 3.63) is 41.2 Å². The second-order valence-corrected chi connectivity index (χ2v) is 7.21. The summed E-state index contributed by atoms with van der Waals surface area (Å²) in [5.74, 6) is 0.0894. The number of anilines is 2. The average molecular weight is 422 g/mol. The van der Waals surface area contributed by atoms with Gasteiger partial charge in [-0.1, -0.05) is 0 Å². The molecule has 0 spiro atoms. The van der Waals surface area contributed by atoms with Gasteiger partial charge < -0.3 is 19.7 Å². The first kappa shape index (κ1) is 20.4. The third kappa shape index (κ3) is 4.33. The van der Waals surface area contributed by atoms with Crippen LogP contribution in [0.4, 0.5) is 24.8 Å². The summed E-state index contributed by atoms with van der Waals surface area (Å²) >= 11 is 0. The number of methoxy groups -OCH3 is 1. The molecule has 1 amide bonds. The number of rotatable bonds is 5. The molecule has 160 valence electrons. The van der Waals surface area contributed by atoms with Gasteiger partial charge in [-0.15, -0.1) is 0 Å². The van der Waals surface area contributed by atoms with Crippen LogP contribution in [0.3, 0.4) is 0 Å². The van der Waals surface area contributed by atoms with Gasteiger partial charge in [0.1, 0.15) is 5.75 Å². The minimum atomic E-state index is -4.49. The highest BCUT2D eigenvalue weighted by Crippen LogP contribution is 2.45. The number of halogens is 3. The first-order valence-electron chi connectivity index (χ1n) is 9.63. The Balaban J connectivity index is 1.57. The summed E-state index contributed by atoms with van der Waals surface area (Å²) < 4.78 is 50.3. The van der Waals surface area contributed by atoms with Gasteiger partial charge in [0.15, 0.2) is 0 Å². The van der Waals surface area contributed by atoms with Crippen molar-refractivity contribution in [1.29, 1.82) is 0 Å². The molecule has 0 atom stereocenters. The fourth-order valence-electron chi connectivity index (χ4n) is 3.34. The van der Waals surface area contributed by atoms with Crippen molar-refractivity contribution in [2.45, 2.75) is 24.9 Å². The molecule has 1 aromatic heterocycles. The molecule has 1 aliphatic heterocycles. The van der Waals surface area contributed by atoms with Gasteiger partial charge in [-0.2, -0.15) is 13.2 Å². The van der Waals surface area contributed by atoms with E-state index in [4.69, 9.17) is 9.47 Å². The quantitative estimate of drug-likeness (QED) is 0.794. The minimum Gasteiger partial charge on any atom is -0.495 e. The summed E-state index contributed by atoms with van der Waals surface area (Å²) in [4.78, 5) is 22.3. The Bertz CT molecular complexity index is 941. The summed E-state index contributed by atoms with van der Waals surface area (Å²) in [5, 5.41) is 2.91. The number of hydrogen-bond acceptors (Lipinski definition) is 6. The molecule has 1 saturated heterocycles. The van der Waals surface area contributed by atoms with Gasteiger partial charge in [0.2, 0.25) is 5.95 Å². The van der Waals surface area contributed by atoms with E-state index in [1.165, 1.54) is 7.11 Å². The molecule has 0 unspecified atom stereocenters. The summed E-state index contributed by atoms with van der Waals surface area (Å²) in [5.41, 5.74) is 0.121. The van der Waals surface area contributed by atoms with Crippen LogP contribution in [0.2, 0.25) is 0 Å². The van der Waals surface area contributed by atoms with Gasteiger partial charge in [-0.3, -0.25) is 4.79 Å². The number of aromatic nitrogens is 2. The van der Waals surface area contributed by atoms with Crippen molar-refractivity contribution in [3.63, 3.8) is 0 Å². The number of carbonyl (C=O) groups excluding carboxylic acids is 1. The molecule has 1 aromatic carbocycles. The maximum absolute atomic E-state index is 13.2. The van der Waals surface area contributed by atoms with Crippen LogP contribution in [0.15, 0.2) is 24.4 Å². The molecule has 2 fully saturated rings. The lowest BCUT2D eigenvalue weighted by Gasteiger charge is -2.27. The van der Waals surface area contributed by atoms with Crippen LogP contribution in [0.1, 0.15) is 40.4 Å². The lowest BCUT2D eigenvalue weighted by Crippen LogP contribution is -2.40. The third-order valence-corrected chi connectivity index (χ3v) is 5.08. The van der Waals surface area contributed by atoms with Crippen molar-refractivity contribution >= 4 is 17.5 Å². The second kappa shape index (κ2) is 8.10. The normalized spacial score (nSPS) is 17.0. The first-order chi connectivity index (χ1) is 14.4. The molecule has 2 aliphatic rings. The number of hydrogen-bond donors (Lipinski definition) is 1. The van der Waals surface area contributed by atoms with Gasteiger partial charge in [-0.05, 0) is 31.0 Å². The number of nitrogens with zero attached hydrogens (tertiary/aromatic N) is 3. The molecule has 1 saturated carbocycles. The predicted molar refractivity (Wildman–Crippen MR) is 102 cm³/mol. The van der Waals surface area contributed by atoms with E-state index in [2.05, 4.69) is 15.3 Å². The van der Waals surface area contributed by atoms with Crippen molar-refractivity contribution in [1.82, 2.24) is 14.9 Å². The van der Waals surface area contributed by atoms with Crippen LogP contribution in [0, 0.1) is 0 Å². The molecular formula is C20H21F3N4O3. The second-order valence-electron chi connectivity index (χ2n) is 7.21. The number of nitrogens with one attached hydrogen (secondary N) is 1. The Morgan fingerprint density at radius 1 is 1.27 bits per heavy atom. The van der Waals surface area contributed by atoms with Crippen LogP contribution in [-0.2, 0) is 10.9 Å². The SMILES string of the molecule is COc1cc(C(=O)N2CCOCC2)ccc1Nc1ncc(C(F)(F)F)c(C2CC2)n1. The van der Waals surface area contributed by atoms with Crippen molar-refractivity contribution in [2.24, 2.45) is 0 Å². The lowest BCUT2D eigenvalue weighted by atomic mass is 10.1. The fourth-order valence-corrected chi connectivity index (χ4v) is 3.34. The van der Waals surface area contributed by atoms with E-state index in [0.717, 1.165) is 6.20 Å². The van der Waals surface area contributed by atoms with E-state index in [1.807, 2.05) is 0 Å². The van der Waals surface area contributed by atoms with E-state index in [0.29, 0.717) is 56.1 Å². The summed E-state index contributed by atoms with van der Waals surface area (Å²) in [7, 11) is 1.45. The zero-order chi connectivity index (χ0) is 21.3. The highest BCUT2D eigenvalue weighted by atomic mass is 19.4. The van der Waals surface area contributed by atoms with Crippen LogP contribution in [0.5, 0.6) is 5.75 Å². The van der Waals surface area contributed by atoms with Crippen LogP contribution in [-0.4, -0.2) is 54.2 Å². The van der Waals surface area contributed by atoms with Crippen molar-refractivity contribution in [3.8, 4) is 5.75 Å². The summed E-state index contributed by atoms with van der Waals surface area (Å²) in [6, 6.07) is 4.85. The van der Waals surface area contributed by atoms with E-state index >= 15 is 0 Å². The highest BCUT2D eigenvalue weighted by Gasteiger charge is 2.40. The van der Waals surface area contributed by atoms with Crippen LogP contribution in [0.25, 0.3) is 0 Å². The molecule has 30 heavy (non-hydrogen) atoms. The topological polar surface area (TPSA) is 76.6 Å². The van der Waals surface area contributed by atoms with Gasteiger partial charge in [0.25, 0.3) is 5.91 Å². The lowest BCUT2D eigenvalue weighted by molar-refractivity contribution is -0.138. The Hall–Kier alpha value is -2.88. The van der Waals surface area contributed by atoms with Crippen molar-refractivity contribution in [2.75, 3.05) is 38.7 Å².